The summed E-state index contributed by atoms with van der Waals surface area (Å²) in [4.78, 5) is 9.14. The van der Waals surface area contributed by atoms with Gasteiger partial charge in [-0.3, -0.25) is 0 Å². The quantitative estimate of drug-likeness (QED) is 0.896. The van der Waals surface area contributed by atoms with Crippen molar-refractivity contribution in [1.29, 1.82) is 0 Å². The fourth-order valence-electron chi connectivity index (χ4n) is 4.20. The average molecular weight is 331 g/mol. The standard InChI is InChI=1S/C17H25N5O2/c1-17(2,3)22-14-11(8-18-22)15(24-4)21-16(20-14)19-12-9-6-5-7-10(9)13(12)23/h8-10,12-13,23H,5-7H2,1-4H3,(H,19,20,21)/t9-,10+,12-,13+/m0/s1. The number of fused-ring (bicyclic) bond motifs is 2. The normalized spacial score (nSPS) is 29.4. The summed E-state index contributed by atoms with van der Waals surface area (Å²) in [5, 5.41) is 18.9. The highest BCUT2D eigenvalue weighted by molar-refractivity contribution is 5.81. The van der Waals surface area contributed by atoms with Gasteiger partial charge >= 0.3 is 0 Å². The third kappa shape index (κ3) is 2.25. The summed E-state index contributed by atoms with van der Waals surface area (Å²) in [6, 6.07) is 0.0330. The van der Waals surface area contributed by atoms with Gasteiger partial charge in [0.05, 0.1) is 31.0 Å². The van der Waals surface area contributed by atoms with E-state index in [1.807, 2.05) is 4.68 Å². The van der Waals surface area contributed by atoms with E-state index in [9.17, 15) is 5.11 Å². The molecule has 2 aliphatic rings. The second kappa shape index (κ2) is 5.31. The Morgan fingerprint density at radius 3 is 2.71 bits per heavy atom. The Hall–Kier alpha value is -1.89. The minimum atomic E-state index is -0.310. The smallest absolute Gasteiger partial charge is 0.229 e. The van der Waals surface area contributed by atoms with Crippen molar-refractivity contribution in [3.63, 3.8) is 0 Å². The van der Waals surface area contributed by atoms with Gasteiger partial charge < -0.3 is 15.2 Å². The zero-order valence-corrected chi connectivity index (χ0v) is 14.7. The molecule has 2 heterocycles. The van der Waals surface area contributed by atoms with Crippen LogP contribution in [0.15, 0.2) is 6.20 Å². The van der Waals surface area contributed by atoms with Crippen molar-refractivity contribution in [1.82, 2.24) is 19.7 Å². The first kappa shape index (κ1) is 15.6. The topological polar surface area (TPSA) is 85.1 Å². The average Bonchev–Trinajstić information content (AvgIpc) is 3.15. The molecule has 0 aliphatic heterocycles. The van der Waals surface area contributed by atoms with Crippen LogP contribution in [0.3, 0.4) is 0 Å². The Kier molecular flexibility index (Phi) is 3.46. The number of anilines is 1. The van der Waals surface area contributed by atoms with Crippen molar-refractivity contribution >= 4 is 17.0 Å². The van der Waals surface area contributed by atoms with Crippen molar-refractivity contribution in [2.45, 2.75) is 57.7 Å². The molecule has 2 fully saturated rings. The molecule has 0 bridgehead atoms. The first-order valence-corrected chi connectivity index (χ1v) is 8.65. The molecule has 2 aromatic rings. The number of ether oxygens (including phenoxy) is 1. The Bertz CT molecular complexity index is 766. The zero-order valence-electron chi connectivity index (χ0n) is 14.7. The largest absolute Gasteiger partial charge is 0.480 e. The molecular formula is C17H25N5O2. The summed E-state index contributed by atoms with van der Waals surface area (Å²) < 4.78 is 7.32. The Labute approximate surface area is 141 Å². The van der Waals surface area contributed by atoms with Gasteiger partial charge in [-0.05, 0) is 45.4 Å². The monoisotopic (exact) mass is 331 g/mol. The van der Waals surface area contributed by atoms with E-state index in [1.54, 1.807) is 13.3 Å². The second-order valence-electron chi connectivity index (χ2n) is 7.94. The lowest BCUT2D eigenvalue weighted by Gasteiger charge is -2.46. The van der Waals surface area contributed by atoms with Gasteiger partial charge in [-0.15, -0.1) is 0 Å². The van der Waals surface area contributed by atoms with Gasteiger partial charge in [0.15, 0.2) is 5.65 Å². The van der Waals surface area contributed by atoms with E-state index in [2.05, 4.69) is 41.2 Å². The number of aliphatic hydroxyl groups is 1. The van der Waals surface area contributed by atoms with Crippen LogP contribution in [0.4, 0.5) is 5.95 Å². The SMILES string of the molecule is COc1nc(N[C@@H]2[C@H](O)[C@@H]3CCC[C@@H]32)nc2c1cnn2C(C)(C)C. The highest BCUT2D eigenvalue weighted by Gasteiger charge is 2.52. The van der Waals surface area contributed by atoms with Crippen LogP contribution in [-0.2, 0) is 5.54 Å². The van der Waals surface area contributed by atoms with Gasteiger partial charge in [-0.1, -0.05) is 6.42 Å². The highest BCUT2D eigenvalue weighted by atomic mass is 16.5. The number of rotatable bonds is 3. The zero-order chi connectivity index (χ0) is 17.1. The number of aliphatic hydroxyl groups excluding tert-OH is 1. The third-order valence-electron chi connectivity index (χ3n) is 5.41. The van der Waals surface area contributed by atoms with E-state index < -0.39 is 0 Å². The summed E-state index contributed by atoms with van der Waals surface area (Å²) in [5.74, 6) is 1.97. The lowest BCUT2D eigenvalue weighted by atomic mass is 9.69. The minimum Gasteiger partial charge on any atom is -0.480 e. The Morgan fingerprint density at radius 1 is 1.25 bits per heavy atom. The fourth-order valence-corrected chi connectivity index (χ4v) is 4.20. The molecule has 7 heteroatoms. The maximum absolute atomic E-state index is 10.4. The predicted molar refractivity (Wildman–Crippen MR) is 91.1 cm³/mol. The van der Waals surface area contributed by atoms with Crippen LogP contribution in [-0.4, -0.2) is 44.1 Å². The molecule has 24 heavy (non-hydrogen) atoms. The minimum absolute atomic E-state index is 0.0330. The van der Waals surface area contributed by atoms with Crippen LogP contribution in [0.2, 0.25) is 0 Å². The Balaban J connectivity index is 1.70. The van der Waals surface area contributed by atoms with Gasteiger partial charge in [0.2, 0.25) is 11.8 Å². The molecular weight excluding hydrogens is 306 g/mol. The van der Waals surface area contributed by atoms with Gasteiger partial charge in [0, 0.05) is 0 Å². The van der Waals surface area contributed by atoms with E-state index in [1.165, 1.54) is 12.8 Å². The van der Waals surface area contributed by atoms with Gasteiger partial charge in [-0.2, -0.15) is 15.1 Å². The fraction of sp³-hybridized carbons (Fsp3) is 0.706. The molecule has 7 nitrogen and oxygen atoms in total. The number of methoxy groups -OCH3 is 1. The lowest BCUT2D eigenvalue weighted by Crippen LogP contribution is -2.57. The van der Waals surface area contributed by atoms with Gasteiger partial charge in [0.1, 0.15) is 5.39 Å². The third-order valence-corrected chi connectivity index (χ3v) is 5.41. The van der Waals surface area contributed by atoms with Crippen LogP contribution in [0.1, 0.15) is 40.0 Å². The van der Waals surface area contributed by atoms with E-state index >= 15 is 0 Å². The van der Waals surface area contributed by atoms with Gasteiger partial charge in [0.25, 0.3) is 0 Å². The molecule has 4 rings (SSSR count). The Morgan fingerprint density at radius 2 is 2.00 bits per heavy atom. The summed E-state index contributed by atoms with van der Waals surface area (Å²) in [7, 11) is 1.60. The first-order valence-electron chi connectivity index (χ1n) is 8.65. The summed E-state index contributed by atoms with van der Waals surface area (Å²) in [6.07, 6.45) is 4.93. The molecule has 130 valence electrons. The van der Waals surface area contributed by atoms with Crippen molar-refractivity contribution in [2.75, 3.05) is 12.4 Å². The van der Waals surface area contributed by atoms with E-state index in [0.29, 0.717) is 23.7 Å². The summed E-state index contributed by atoms with van der Waals surface area (Å²) in [5.41, 5.74) is 0.555. The molecule has 2 N–H and O–H groups in total. The van der Waals surface area contributed by atoms with Crippen molar-refractivity contribution < 1.29 is 9.84 Å². The van der Waals surface area contributed by atoms with Crippen molar-refractivity contribution in [3.8, 4) is 5.88 Å². The molecule has 0 aromatic carbocycles. The van der Waals surface area contributed by atoms with E-state index in [4.69, 9.17) is 4.74 Å². The maximum atomic E-state index is 10.4. The van der Waals surface area contributed by atoms with Crippen LogP contribution in [0, 0.1) is 11.8 Å². The molecule has 2 aliphatic carbocycles. The summed E-state index contributed by atoms with van der Waals surface area (Å²) in [6.45, 7) is 6.25. The van der Waals surface area contributed by atoms with Crippen molar-refractivity contribution in [3.05, 3.63) is 6.20 Å². The predicted octanol–water partition coefficient (Wildman–Crippen LogP) is 2.16. The molecule has 0 amide bonds. The first-order chi connectivity index (χ1) is 11.4. The molecule has 0 unspecified atom stereocenters. The van der Waals surface area contributed by atoms with E-state index in [-0.39, 0.29) is 17.7 Å². The maximum Gasteiger partial charge on any atom is 0.229 e. The molecule has 0 radical (unpaired) electrons. The molecule has 4 atom stereocenters. The second-order valence-corrected chi connectivity index (χ2v) is 7.94. The van der Waals surface area contributed by atoms with Crippen molar-refractivity contribution in [2.24, 2.45) is 11.8 Å². The number of hydrogen-bond donors (Lipinski definition) is 2. The van der Waals surface area contributed by atoms with Crippen LogP contribution in [0.5, 0.6) is 5.88 Å². The molecule has 0 spiro atoms. The number of nitrogens with one attached hydrogen (secondary N) is 1. The van der Waals surface area contributed by atoms with Gasteiger partial charge in [-0.25, -0.2) is 4.68 Å². The number of aromatic nitrogens is 4. The van der Waals surface area contributed by atoms with E-state index in [0.717, 1.165) is 17.5 Å². The number of nitrogens with zero attached hydrogens (tertiary/aromatic N) is 4. The van der Waals surface area contributed by atoms with Crippen LogP contribution in [0.25, 0.3) is 11.0 Å². The van der Waals surface area contributed by atoms with Crippen LogP contribution >= 0.6 is 0 Å². The molecule has 2 aromatic heterocycles. The molecule has 2 saturated carbocycles. The molecule has 0 saturated heterocycles. The summed E-state index contributed by atoms with van der Waals surface area (Å²) >= 11 is 0. The number of hydrogen-bond acceptors (Lipinski definition) is 6. The lowest BCUT2D eigenvalue weighted by molar-refractivity contribution is -0.0304. The highest BCUT2D eigenvalue weighted by Crippen LogP contribution is 2.48. The van der Waals surface area contributed by atoms with Crippen LogP contribution < -0.4 is 10.1 Å².